The smallest absolute Gasteiger partial charge is 0.326 e. The zero-order chi connectivity index (χ0) is 24.5. The highest BCUT2D eigenvalue weighted by Gasteiger charge is 2.36. The number of hydrogen-bond acceptors (Lipinski definition) is 7. The van der Waals surface area contributed by atoms with Crippen molar-refractivity contribution in [2.45, 2.75) is 33.3 Å². The number of halogens is 1. The number of carbonyl (C=O) groups is 3. The third-order valence-electron chi connectivity index (χ3n) is 4.78. The summed E-state index contributed by atoms with van der Waals surface area (Å²) in [7, 11) is 0. The van der Waals surface area contributed by atoms with Gasteiger partial charge >= 0.3 is 5.97 Å². The number of esters is 1. The van der Waals surface area contributed by atoms with Crippen LogP contribution in [0.4, 0.5) is 4.79 Å². The summed E-state index contributed by atoms with van der Waals surface area (Å²) in [5, 5.41) is -0.504. The maximum atomic E-state index is 12.7. The average Bonchev–Trinajstić information content (AvgIpc) is 3.07. The SMILES string of the molecule is CCCCOC(=O)CN1C(=O)S/C(=C/c2cc(Br)c(OCc3ccccc3)c(OCC)c2)C1=O. The van der Waals surface area contributed by atoms with Crippen LogP contribution in [-0.4, -0.2) is 41.8 Å². The molecule has 1 saturated heterocycles. The average molecular weight is 548 g/mol. The summed E-state index contributed by atoms with van der Waals surface area (Å²) in [6.45, 7) is 4.51. The van der Waals surface area contributed by atoms with Crippen LogP contribution < -0.4 is 9.47 Å². The highest BCUT2D eigenvalue weighted by molar-refractivity contribution is 9.10. The van der Waals surface area contributed by atoms with Crippen molar-refractivity contribution in [3.63, 3.8) is 0 Å². The molecule has 0 aromatic heterocycles. The number of benzene rings is 2. The molecule has 0 atom stereocenters. The Morgan fingerprint density at radius 2 is 1.88 bits per heavy atom. The van der Waals surface area contributed by atoms with Crippen molar-refractivity contribution in [3.8, 4) is 11.5 Å². The van der Waals surface area contributed by atoms with Crippen LogP contribution in [-0.2, 0) is 20.9 Å². The molecule has 0 unspecified atom stereocenters. The Labute approximate surface area is 211 Å². The van der Waals surface area contributed by atoms with Gasteiger partial charge in [0.2, 0.25) is 0 Å². The number of imide groups is 1. The molecule has 0 N–H and O–H groups in total. The van der Waals surface area contributed by atoms with Gasteiger partial charge in [0.05, 0.1) is 22.6 Å². The van der Waals surface area contributed by atoms with Crippen LogP contribution in [0.25, 0.3) is 6.08 Å². The van der Waals surface area contributed by atoms with Gasteiger partial charge in [-0.1, -0.05) is 43.7 Å². The van der Waals surface area contributed by atoms with E-state index in [-0.39, 0.29) is 11.5 Å². The van der Waals surface area contributed by atoms with E-state index in [4.69, 9.17) is 14.2 Å². The predicted octanol–water partition coefficient (Wildman–Crippen LogP) is 5.81. The standard InChI is InChI=1S/C25H26BrNO6S/c1-3-5-11-32-22(28)15-27-24(29)21(34-25(27)30)14-18-12-19(26)23(20(13-18)31-4-2)33-16-17-9-7-6-8-10-17/h6-10,12-14H,3-5,11,15-16H2,1-2H3/b21-14+. The molecule has 3 rings (SSSR count). The van der Waals surface area contributed by atoms with Gasteiger partial charge in [0.1, 0.15) is 13.2 Å². The third kappa shape index (κ3) is 6.87. The Hall–Kier alpha value is -2.78. The molecule has 1 fully saturated rings. The van der Waals surface area contributed by atoms with Gasteiger partial charge in [0, 0.05) is 0 Å². The quantitative estimate of drug-likeness (QED) is 0.199. The highest BCUT2D eigenvalue weighted by Crippen LogP contribution is 2.39. The maximum absolute atomic E-state index is 12.7. The minimum atomic E-state index is -0.599. The van der Waals surface area contributed by atoms with E-state index in [1.165, 1.54) is 0 Å². The third-order valence-corrected chi connectivity index (χ3v) is 6.27. The number of nitrogens with zero attached hydrogens (tertiary/aromatic N) is 1. The van der Waals surface area contributed by atoms with E-state index in [0.29, 0.717) is 34.7 Å². The normalized spacial score (nSPS) is 14.6. The van der Waals surface area contributed by atoms with E-state index in [0.717, 1.165) is 35.1 Å². The van der Waals surface area contributed by atoms with E-state index >= 15 is 0 Å². The van der Waals surface area contributed by atoms with E-state index in [1.807, 2.05) is 44.2 Å². The second-order valence-corrected chi connectivity index (χ2v) is 9.23. The molecule has 0 saturated carbocycles. The molecule has 2 amide bonds. The second-order valence-electron chi connectivity index (χ2n) is 7.38. The largest absolute Gasteiger partial charge is 0.490 e. The maximum Gasteiger partial charge on any atom is 0.326 e. The molecule has 0 aliphatic carbocycles. The molecule has 2 aromatic rings. The first-order valence-electron chi connectivity index (χ1n) is 11.0. The number of unbranched alkanes of at least 4 members (excludes halogenated alkanes) is 1. The van der Waals surface area contributed by atoms with Crippen molar-refractivity contribution < 1.29 is 28.6 Å². The van der Waals surface area contributed by atoms with E-state index in [2.05, 4.69) is 15.9 Å². The Morgan fingerprint density at radius 3 is 2.59 bits per heavy atom. The highest BCUT2D eigenvalue weighted by atomic mass is 79.9. The lowest BCUT2D eigenvalue weighted by molar-refractivity contribution is -0.146. The minimum Gasteiger partial charge on any atom is -0.490 e. The zero-order valence-corrected chi connectivity index (χ0v) is 21.4. The fraction of sp³-hybridized carbons (Fsp3) is 0.320. The summed E-state index contributed by atoms with van der Waals surface area (Å²) in [4.78, 5) is 38.2. The summed E-state index contributed by atoms with van der Waals surface area (Å²) < 4.78 is 17.5. The monoisotopic (exact) mass is 547 g/mol. The van der Waals surface area contributed by atoms with Crippen molar-refractivity contribution in [3.05, 3.63) is 63.0 Å². The lowest BCUT2D eigenvalue weighted by atomic mass is 10.1. The Bertz CT molecular complexity index is 1070. The lowest BCUT2D eigenvalue weighted by Crippen LogP contribution is -2.34. The van der Waals surface area contributed by atoms with Crippen molar-refractivity contribution >= 4 is 50.9 Å². The van der Waals surface area contributed by atoms with Crippen LogP contribution in [0.3, 0.4) is 0 Å². The van der Waals surface area contributed by atoms with Crippen molar-refractivity contribution in [1.82, 2.24) is 4.90 Å². The molecular formula is C25H26BrNO6S. The summed E-state index contributed by atoms with van der Waals surface area (Å²) in [5.74, 6) is -0.0669. The van der Waals surface area contributed by atoms with Gasteiger partial charge in [-0.15, -0.1) is 0 Å². The van der Waals surface area contributed by atoms with Gasteiger partial charge in [-0.05, 0) is 70.4 Å². The molecule has 0 spiro atoms. The van der Waals surface area contributed by atoms with Crippen LogP contribution in [0.15, 0.2) is 51.8 Å². The number of carbonyl (C=O) groups excluding carboxylic acids is 3. The molecule has 2 aromatic carbocycles. The van der Waals surface area contributed by atoms with Crippen LogP contribution in [0.2, 0.25) is 0 Å². The zero-order valence-electron chi connectivity index (χ0n) is 19.0. The van der Waals surface area contributed by atoms with Crippen LogP contribution >= 0.6 is 27.7 Å². The van der Waals surface area contributed by atoms with Crippen molar-refractivity contribution in [2.24, 2.45) is 0 Å². The summed E-state index contributed by atoms with van der Waals surface area (Å²) >= 11 is 4.32. The van der Waals surface area contributed by atoms with Crippen molar-refractivity contribution in [2.75, 3.05) is 19.8 Å². The van der Waals surface area contributed by atoms with E-state index < -0.39 is 23.7 Å². The molecular weight excluding hydrogens is 522 g/mol. The van der Waals surface area contributed by atoms with E-state index in [1.54, 1.807) is 18.2 Å². The first-order valence-corrected chi connectivity index (χ1v) is 12.6. The Morgan fingerprint density at radius 1 is 1.12 bits per heavy atom. The molecule has 0 radical (unpaired) electrons. The molecule has 1 aliphatic heterocycles. The predicted molar refractivity (Wildman–Crippen MR) is 135 cm³/mol. The van der Waals surface area contributed by atoms with Gasteiger partial charge in [0.15, 0.2) is 11.5 Å². The van der Waals surface area contributed by atoms with Crippen LogP contribution in [0.1, 0.15) is 37.8 Å². The van der Waals surface area contributed by atoms with Crippen molar-refractivity contribution in [1.29, 1.82) is 0 Å². The first-order chi connectivity index (χ1) is 16.4. The summed E-state index contributed by atoms with van der Waals surface area (Å²) in [6, 6.07) is 13.3. The molecule has 1 aliphatic rings. The molecule has 9 heteroatoms. The molecule has 0 bridgehead atoms. The molecule has 34 heavy (non-hydrogen) atoms. The minimum absolute atomic E-state index is 0.221. The number of thioether (sulfide) groups is 1. The molecule has 180 valence electrons. The fourth-order valence-corrected chi connectivity index (χ4v) is 4.51. The number of ether oxygens (including phenoxy) is 3. The Kier molecular flexibility index (Phi) is 9.59. The fourth-order valence-electron chi connectivity index (χ4n) is 3.10. The van der Waals surface area contributed by atoms with Crippen LogP contribution in [0, 0.1) is 0 Å². The second kappa shape index (κ2) is 12.6. The Balaban J connectivity index is 1.76. The number of rotatable bonds is 11. The number of amides is 2. The summed E-state index contributed by atoms with van der Waals surface area (Å²) in [5.41, 5.74) is 1.67. The van der Waals surface area contributed by atoms with E-state index in [9.17, 15) is 14.4 Å². The molecule has 7 nitrogen and oxygen atoms in total. The number of hydrogen-bond donors (Lipinski definition) is 0. The lowest BCUT2D eigenvalue weighted by Gasteiger charge is -2.15. The van der Waals surface area contributed by atoms with Gasteiger partial charge in [-0.3, -0.25) is 19.3 Å². The van der Waals surface area contributed by atoms with Crippen LogP contribution in [0.5, 0.6) is 11.5 Å². The first kappa shape index (κ1) is 25.8. The topological polar surface area (TPSA) is 82.1 Å². The van der Waals surface area contributed by atoms with Gasteiger partial charge in [-0.2, -0.15) is 0 Å². The summed E-state index contributed by atoms with van der Waals surface area (Å²) in [6.07, 6.45) is 3.21. The molecule has 1 heterocycles. The van der Waals surface area contributed by atoms with Gasteiger partial charge < -0.3 is 14.2 Å². The van der Waals surface area contributed by atoms with Gasteiger partial charge in [0.25, 0.3) is 11.1 Å². The van der Waals surface area contributed by atoms with Gasteiger partial charge in [-0.25, -0.2) is 0 Å².